The van der Waals surface area contributed by atoms with Crippen LogP contribution in [-0.2, 0) is 17.6 Å². The lowest BCUT2D eigenvalue weighted by molar-refractivity contribution is -0.141. The molecule has 2 aromatic carbocycles. The highest BCUT2D eigenvalue weighted by Gasteiger charge is 2.38. The number of hydrogen-bond acceptors (Lipinski definition) is 6. The average Bonchev–Trinajstić information content (AvgIpc) is 3.31. The minimum absolute atomic E-state index is 0.148. The molecule has 0 saturated heterocycles. The second kappa shape index (κ2) is 8.20. The van der Waals surface area contributed by atoms with E-state index in [0.29, 0.717) is 11.1 Å². The third-order valence-corrected chi connectivity index (χ3v) is 6.48. The SMILES string of the molecule is O=C(O)C(C/C(=N/O)c1ccc2c3c(oc2c1)CCCC3)CN1C(=O)c2ccccc2C1=O. The number of oxime groups is 1. The predicted octanol–water partition coefficient (Wildman–Crippen LogP) is 3.88. The molecule has 8 nitrogen and oxygen atoms in total. The molecule has 0 radical (unpaired) electrons. The lowest BCUT2D eigenvalue weighted by Gasteiger charge is -2.20. The molecule has 0 spiro atoms. The van der Waals surface area contributed by atoms with Gasteiger partial charge in [0.05, 0.1) is 22.8 Å². The molecule has 168 valence electrons. The summed E-state index contributed by atoms with van der Waals surface area (Å²) < 4.78 is 6.00. The fourth-order valence-corrected chi connectivity index (χ4v) is 4.75. The van der Waals surface area contributed by atoms with Crippen LogP contribution >= 0.6 is 0 Å². The van der Waals surface area contributed by atoms with E-state index in [2.05, 4.69) is 5.16 Å². The summed E-state index contributed by atoms with van der Waals surface area (Å²) >= 11 is 0. The molecular weight excluding hydrogens is 424 g/mol. The first-order valence-electron chi connectivity index (χ1n) is 10.9. The van der Waals surface area contributed by atoms with Crippen LogP contribution in [0.3, 0.4) is 0 Å². The molecule has 1 aliphatic carbocycles. The second-order valence-corrected chi connectivity index (χ2v) is 8.47. The van der Waals surface area contributed by atoms with Gasteiger partial charge in [-0.05, 0) is 37.5 Å². The number of aliphatic carboxylic acids is 1. The number of hydrogen-bond donors (Lipinski definition) is 2. The van der Waals surface area contributed by atoms with Crippen molar-refractivity contribution < 1.29 is 29.1 Å². The Morgan fingerprint density at radius 1 is 1.06 bits per heavy atom. The molecule has 33 heavy (non-hydrogen) atoms. The van der Waals surface area contributed by atoms with Gasteiger partial charge in [0.2, 0.25) is 0 Å². The Balaban J connectivity index is 1.39. The van der Waals surface area contributed by atoms with Gasteiger partial charge >= 0.3 is 5.97 Å². The van der Waals surface area contributed by atoms with E-state index in [-0.39, 0.29) is 29.8 Å². The monoisotopic (exact) mass is 446 g/mol. The van der Waals surface area contributed by atoms with Gasteiger partial charge in [-0.2, -0.15) is 0 Å². The largest absolute Gasteiger partial charge is 0.481 e. The van der Waals surface area contributed by atoms with Crippen molar-refractivity contribution in [2.24, 2.45) is 11.1 Å². The number of carboxylic acids is 1. The van der Waals surface area contributed by atoms with Gasteiger partial charge in [-0.3, -0.25) is 19.3 Å². The molecule has 0 saturated carbocycles. The second-order valence-electron chi connectivity index (χ2n) is 8.47. The number of fused-ring (bicyclic) bond motifs is 4. The molecule has 1 aliphatic heterocycles. The van der Waals surface area contributed by atoms with Gasteiger partial charge in [0.25, 0.3) is 11.8 Å². The number of carboxylic acid groups (broad SMARTS) is 1. The number of nitrogens with zero attached hydrogens (tertiary/aromatic N) is 2. The Morgan fingerprint density at radius 2 is 1.76 bits per heavy atom. The molecule has 8 heteroatoms. The van der Waals surface area contributed by atoms with Crippen molar-refractivity contribution in [1.82, 2.24) is 4.90 Å². The Hall–Kier alpha value is -3.94. The van der Waals surface area contributed by atoms with E-state index in [1.165, 1.54) is 5.56 Å². The average molecular weight is 446 g/mol. The van der Waals surface area contributed by atoms with Crippen LogP contribution < -0.4 is 0 Å². The van der Waals surface area contributed by atoms with Crippen molar-refractivity contribution in [3.05, 3.63) is 70.5 Å². The minimum atomic E-state index is -1.19. The van der Waals surface area contributed by atoms with E-state index >= 15 is 0 Å². The van der Waals surface area contributed by atoms with Gasteiger partial charge in [0, 0.05) is 35.9 Å². The van der Waals surface area contributed by atoms with Crippen LogP contribution in [0, 0.1) is 5.92 Å². The molecule has 2 aliphatic rings. The first kappa shape index (κ1) is 20.9. The molecule has 1 aromatic heterocycles. The number of amides is 2. The van der Waals surface area contributed by atoms with Crippen LogP contribution in [0.2, 0.25) is 0 Å². The maximum atomic E-state index is 12.7. The van der Waals surface area contributed by atoms with E-state index in [1.54, 1.807) is 36.4 Å². The molecule has 1 unspecified atom stereocenters. The molecule has 3 aromatic rings. The van der Waals surface area contributed by atoms with E-state index in [1.807, 2.05) is 6.07 Å². The van der Waals surface area contributed by atoms with Gasteiger partial charge in [-0.1, -0.05) is 29.4 Å². The summed E-state index contributed by atoms with van der Waals surface area (Å²) in [5.74, 6) is -2.40. The Labute approximate surface area is 189 Å². The third-order valence-electron chi connectivity index (χ3n) is 6.48. The Kier molecular flexibility index (Phi) is 5.20. The van der Waals surface area contributed by atoms with Crippen molar-refractivity contribution in [3.63, 3.8) is 0 Å². The summed E-state index contributed by atoms with van der Waals surface area (Å²) in [5, 5.41) is 23.8. The molecule has 0 fully saturated rings. The smallest absolute Gasteiger partial charge is 0.308 e. The summed E-state index contributed by atoms with van der Waals surface area (Å²) in [4.78, 5) is 38.3. The van der Waals surface area contributed by atoms with Gasteiger partial charge in [-0.25, -0.2) is 0 Å². The van der Waals surface area contributed by atoms with Gasteiger partial charge < -0.3 is 14.7 Å². The van der Waals surface area contributed by atoms with Crippen molar-refractivity contribution in [3.8, 4) is 0 Å². The van der Waals surface area contributed by atoms with Crippen molar-refractivity contribution in [1.29, 1.82) is 0 Å². The number of imide groups is 1. The molecular formula is C25H22N2O6. The number of benzene rings is 2. The lowest BCUT2D eigenvalue weighted by Crippen LogP contribution is -2.38. The van der Waals surface area contributed by atoms with Crippen molar-refractivity contribution in [2.75, 3.05) is 6.54 Å². The maximum Gasteiger partial charge on any atom is 0.308 e. The fourth-order valence-electron chi connectivity index (χ4n) is 4.75. The molecule has 5 rings (SSSR count). The number of carbonyl (C=O) groups is 3. The van der Waals surface area contributed by atoms with Crippen LogP contribution in [0.1, 0.15) is 56.9 Å². The summed E-state index contributed by atoms with van der Waals surface area (Å²) in [6.45, 7) is -0.321. The summed E-state index contributed by atoms with van der Waals surface area (Å²) in [7, 11) is 0. The number of aryl methyl sites for hydroxylation is 2. The van der Waals surface area contributed by atoms with Gasteiger partial charge in [0.15, 0.2) is 0 Å². The topological polar surface area (TPSA) is 120 Å². The number of furan rings is 1. The zero-order valence-corrected chi connectivity index (χ0v) is 17.8. The fraction of sp³-hybridized carbons (Fsp3) is 0.280. The highest BCUT2D eigenvalue weighted by Crippen LogP contribution is 2.33. The maximum absolute atomic E-state index is 12.7. The molecule has 0 bridgehead atoms. The molecule has 1 atom stereocenters. The van der Waals surface area contributed by atoms with E-state index in [4.69, 9.17) is 4.42 Å². The van der Waals surface area contributed by atoms with Crippen LogP contribution in [0.4, 0.5) is 0 Å². The summed E-state index contributed by atoms with van der Waals surface area (Å²) in [5.41, 5.74) is 3.08. The van der Waals surface area contributed by atoms with Crippen LogP contribution in [0.5, 0.6) is 0 Å². The zero-order valence-electron chi connectivity index (χ0n) is 17.8. The predicted molar refractivity (Wildman–Crippen MR) is 119 cm³/mol. The minimum Gasteiger partial charge on any atom is -0.481 e. The van der Waals surface area contributed by atoms with Crippen molar-refractivity contribution >= 4 is 34.5 Å². The lowest BCUT2D eigenvalue weighted by atomic mass is 9.94. The third kappa shape index (κ3) is 3.57. The highest BCUT2D eigenvalue weighted by atomic mass is 16.4. The quantitative estimate of drug-likeness (QED) is 0.257. The summed E-state index contributed by atoms with van der Waals surface area (Å²) in [6.07, 6.45) is 3.89. The normalized spacial score (nSPS) is 16.7. The van der Waals surface area contributed by atoms with Crippen molar-refractivity contribution in [2.45, 2.75) is 32.1 Å². The van der Waals surface area contributed by atoms with Crippen LogP contribution in [0.25, 0.3) is 11.0 Å². The van der Waals surface area contributed by atoms with Crippen LogP contribution in [-0.4, -0.2) is 45.3 Å². The zero-order chi connectivity index (χ0) is 23.1. The van der Waals surface area contributed by atoms with E-state index in [9.17, 15) is 24.7 Å². The highest BCUT2D eigenvalue weighted by molar-refractivity contribution is 6.21. The summed E-state index contributed by atoms with van der Waals surface area (Å²) in [6, 6.07) is 11.8. The molecule has 2 amide bonds. The van der Waals surface area contributed by atoms with Gasteiger partial charge in [0.1, 0.15) is 11.3 Å². The Bertz CT molecular complexity index is 1290. The first-order chi connectivity index (χ1) is 16.0. The van der Waals surface area contributed by atoms with Crippen LogP contribution in [0.15, 0.2) is 52.0 Å². The van der Waals surface area contributed by atoms with Gasteiger partial charge in [-0.15, -0.1) is 0 Å². The number of carbonyl (C=O) groups excluding carboxylic acids is 2. The van der Waals surface area contributed by atoms with E-state index < -0.39 is 23.7 Å². The first-order valence-corrected chi connectivity index (χ1v) is 10.9. The number of rotatable bonds is 6. The molecule has 2 N–H and O–H groups in total. The Morgan fingerprint density at radius 3 is 2.42 bits per heavy atom. The standard InChI is InChI=1S/C25H22N2O6/c28-23-18-6-1-2-7-19(18)24(29)27(23)13-15(25(30)31)11-20(26-32)14-9-10-17-16-5-3-4-8-21(16)33-22(17)12-14/h1-2,6-7,9-10,12,15,32H,3-5,8,11,13H2,(H,30,31)/b26-20-. The molecule has 2 heterocycles. The van der Waals surface area contributed by atoms with E-state index in [0.717, 1.165) is 41.7 Å².